The maximum atomic E-state index is 11.4. The van der Waals surface area contributed by atoms with Gasteiger partial charge in [0.1, 0.15) is 0 Å². The third kappa shape index (κ3) is 2.50. The second-order valence-corrected chi connectivity index (χ2v) is 4.59. The van der Waals surface area contributed by atoms with Crippen molar-refractivity contribution >= 4 is 34.6 Å². The van der Waals surface area contributed by atoms with Crippen LogP contribution in [0.4, 0.5) is 5.69 Å². The third-order valence-electron chi connectivity index (χ3n) is 2.22. The van der Waals surface area contributed by atoms with Gasteiger partial charge < -0.3 is 15.9 Å². The van der Waals surface area contributed by atoms with Crippen LogP contribution in [0, 0.1) is 10.1 Å². The molecule has 1 aliphatic heterocycles. The zero-order valence-electron chi connectivity index (χ0n) is 9.23. The number of carbonyl (C=O) groups excluding carboxylic acids is 1. The van der Waals surface area contributed by atoms with E-state index in [4.69, 9.17) is 5.73 Å². The molecular formula is C10H7N3O5S. The van der Waals surface area contributed by atoms with Crippen LogP contribution < -0.4 is 5.73 Å². The van der Waals surface area contributed by atoms with Crippen LogP contribution in [0.25, 0.3) is 6.08 Å². The van der Waals surface area contributed by atoms with Crippen molar-refractivity contribution in [2.45, 2.75) is 0 Å². The van der Waals surface area contributed by atoms with Gasteiger partial charge in [-0.25, -0.2) is 0 Å². The average molecular weight is 281 g/mol. The van der Waals surface area contributed by atoms with Crippen LogP contribution in [0.1, 0.15) is 5.56 Å². The van der Waals surface area contributed by atoms with E-state index in [0.717, 1.165) is 23.9 Å². The van der Waals surface area contributed by atoms with E-state index >= 15 is 0 Å². The number of phenolic OH excluding ortho intramolecular Hbond substituents is 2. The lowest BCUT2D eigenvalue weighted by atomic mass is 10.1. The summed E-state index contributed by atoms with van der Waals surface area (Å²) in [5.74, 6) is -2.03. The first-order valence-corrected chi connectivity index (χ1v) is 5.68. The summed E-state index contributed by atoms with van der Waals surface area (Å²) in [5.41, 5.74) is 4.88. The molecule has 1 amide bonds. The summed E-state index contributed by atoms with van der Waals surface area (Å²) >= 11 is 0.918. The minimum atomic E-state index is -0.842. The van der Waals surface area contributed by atoms with E-state index in [9.17, 15) is 25.1 Å². The van der Waals surface area contributed by atoms with Crippen molar-refractivity contribution in [3.05, 3.63) is 32.7 Å². The van der Waals surface area contributed by atoms with Crippen LogP contribution in [0.3, 0.4) is 0 Å². The fourth-order valence-corrected chi connectivity index (χ4v) is 2.11. The maximum absolute atomic E-state index is 11.4. The smallest absolute Gasteiger partial charge is 0.315 e. The number of nitro benzene ring substituents is 1. The van der Waals surface area contributed by atoms with Crippen LogP contribution in [0.15, 0.2) is 22.0 Å². The predicted octanol–water partition coefficient (Wildman–Crippen LogP) is 0.935. The van der Waals surface area contributed by atoms with E-state index in [0.29, 0.717) is 0 Å². The predicted molar refractivity (Wildman–Crippen MR) is 68.6 cm³/mol. The molecule has 0 saturated heterocycles. The van der Waals surface area contributed by atoms with E-state index in [1.165, 1.54) is 6.08 Å². The lowest BCUT2D eigenvalue weighted by Crippen LogP contribution is -2.01. The highest BCUT2D eigenvalue weighted by molar-refractivity contribution is 8.18. The van der Waals surface area contributed by atoms with E-state index in [-0.39, 0.29) is 15.6 Å². The van der Waals surface area contributed by atoms with Crippen LogP contribution in [-0.2, 0) is 4.79 Å². The van der Waals surface area contributed by atoms with E-state index in [1.807, 2.05) is 0 Å². The molecule has 4 N–H and O–H groups in total. The maximum Gasteiger partial charge on any atom is 0.315 e. The highest BCUT2D eigenvalue weighted by Gasteiger charge is 2.22. The Labute approximate surface area is 110 Å². The number of hydrogen-bond donors (Lipinski definition) is 3. The number of nitrogens with zero attached hydrogens (tertiary/aromatic N) is 2. The van der Waals surface area contributed by atoms with Crippen molar-refractivity contribution < 1.29 is 19.9 Å². The average Bonchev–Trinajstić information content (AvgIpc) is 2.62. The molecule has 8 nitrogen and oxygen atoms in total. The largest absolute Gasteiger partial charge is 0.504 e. The number of nitro groups is 1. The van der Waals surface area contributed by atoms with Gasteiger partial charge in [0.25, 0.3) is 5.91 Å². The summed E-state index contributed by atoms with van der Waals surface area (Å²) in [7, 11) is 0. The molecule has 1 aliphatic rings. The number of hydrogen-bond acceptors (Lipinski definition) is 7. The topological polar surface area (TPSA) is 139 Å². The molecule has 0 spiro atoms. The van der Waals surface area contributed by atoms with Gasteiger partial charge in [0.2, 0.25) is 5.75 Å². The Bertz CT molecular complexity index is 653. The van der Waals surface area contributed by atoms with Gasteiger partial charge in [-0.2, -0.15) is 4.99 Å². The summed E-state index contributed by atoms with van der Waals surface area (Å²) in [6.45, 7) is 0. The number of nitrogens with two attached hydrogens (primary N) is 1. The number of amidine groups is 1. The van der Waals surface area contributed by atoms with Gasteiger partial charge in [0.05, 0.1) is 9.83 Å². The van der Waals surface area contributed by atoms with E-state index in [1.54, 1.807) is 0 Å². The van der Waals surface area contributed by atoms with Crippen molar-refractivity contribution in [3.8, 4) is 11.5 Å². The molecule has 0 bridgehead atoms. The van der Waals surface area contributed by atoms with Crippen molar-refractivity contribution in [1.82, 2.24) is 0 Å². The molecule has 0 atom stereocenters. The standard InChI is InChI=1S/C10H7N3O5S/c11-10-12-9(16)7(19-10)3-4-1-5(13(17)18)8(15)6(14)2-4/h1-3,14-15H,(H2,11,12,16)/b7-3-. The zero-order chi connectivity index (χ0) is 14.2. The number of aromatic hydroxyl groups is 2. The summed E-state index contributed by atoms with van der Waals surface area (Å²) in [4.78, 5) is 24.8. The molecule has 1 aromatic carbocycles. The number of rotatable bonds is 2. The van der Waals surface area contributed by atoms with Crippen LogP contribution in [0.5, 0.6) is 11.5 Å². The number of aliphatic imine (C=N–C) groups is 1. The molecule has 0 aromatic heterocycles. The van der Waals surface area contributed by atoms with E-state index in [2.05, 4.69) is 4.99 Å². The Balaban J connectivity index is 2.45. The highest BCUT2D eigenvalue weighted by atomic mass is 32.2. The molecule has 0 unspecified atom stereocenters. The second-order valence-electron chi connectivity index (χ2n) is 3.53. The van der Waals surface area contributed by atoms with Gasteiger partial charge in [-0.05, 0) is 29.5 Å². The molecule has 9 heteroatoms. The fraction of sp³-hybridized carbons (Fsp3) is 0. The quantitative estimate of drug-likeness (QED) is 0.317. The Kier molecular flexibility index (Phi) is 3.13. The van der Waals surface area contributed by atoms with Gasteiger partial charge in [0, 0.05) is 6.07 Å². The van der Waals surface area contributed by atoms with Crippen molar-refractivity contribution in [1.29, 1.82) is 0 Å². The van der Waals surface area contributed by atoms with Crippen molar-refractivity contribution in [2.24, 2.45) is 10.7 Å². The molecule has 98 valence electrons. The molecule has 0 radical (unpaired) electrons. The van der Waals surface area contributed by atoms with E-state index < -0.39 is 28.0 Å². The molecule has 1 heterocycles. The Hall–Kier alpha value is -2.55. The normalized spacial score (nSPS) is 16.7. The monoisotopic (exact) mass is 281 g/mol. The highest BCUT2D eigenvalue weighted by Crippen LogP contribution is 2.37. The summed E-state index contributed by atoms with van der Waals surface area (Å²) < 4.78 is 0. The van der Waals surface area contributed by atoms with Gasteiger partial charge in [-0.1, -0.05) is 0 Å². The summed E-state index contributed by atoms with van der Waals surface area (Å²) in [6, 6.07) is 2.13. The van der Waals surface area contributed by atoms with Gasteiger partial charge in [0.15, 0.2) is 10.9 Å². The number of thioether (sulfide) groups is 1. The SMILES string of the molecule is NC1=NC(=O)/C(=C/c2cc(O)c(O)c([N+](=O)[O-])c2)S1. The molecule has 19 heavy (non-hydrogen) atoms. The van der Waals surface area contributed by atoms with Crippen molar-refractivity contribution in [3.63, 3.8) is 0 Å². The van der Waals surface area contributed by atoms with Crippen molar-refractivity contribution in [2.75, 3.05) is 0 Å². The Morgan fingerprint density at radius 2 is 2.11 bits per heavy atom. The lowest BCUT2D eigenvalue weighted by Gasteiger charge is -2.01. The third-order valence-corrected chi connectivity index (χ3v) is 3.04. The molecular weight excluding hydrogens is 274 g/mol. The fourth-order valence-electron chi connectivity index (χ4n) is 1.42. The van der Waals surface area contributed by atoms with Gasteiger partial charge >= 0.3 is 5.69 Å². The van der Waals surface area contributed by atoms with Crippen LogP contribution in [0.2, 0.25) is 0 Å². The molecule has 0 saturated carbocycles. The molecule has 0 aliphatic carbocycles. The Morgan fingerprint density at radius 3 is 2.63 bits per heavy atom. The lowest BCUT2D eigenvalue weighted by molar-refractivity contribution is -0.386. The number of phenols is 2. The minimum absolute atomic E-state index is 0.0775. The molecule has 1 aromatic rings. The minimum Gasteiger partial charge on any atom is -0.504 e. The second kappa shape index (κ2) is 4.61. The summed E-state index contributed by atoms with van der Waals surface area (Å²) in [6.07, 6.45) is 1.29. The number of carbonyl (C=O) groups is 1. The van der Waals surface area contributed by atoms with Gasteiger partial charge in [-0.3, -0.25) is 14.9 Å². The summed E-state index contributed by atoms with van der Waals surface area (Å²) in [5, 5.41) is 29.5. The van der Waals surface area contributed by atoms with Crippen LogP contribution in [-0.4, -0.2) is 26.2 Å². The number of benzene rings is 1. The van der Waals surface area contributed by atoms with Crippen LogP contribution >= 0.6 is 11.8 Å². The first kappa shape index (κ1) is 12.9. The molecule has 0 fully saturated rings. The van der Waals surface area contributed by atoms with Gasteiger partial charge in [-0.15, -0.1) is 0 Å². The zero-order valence-corrected chi connectivity index (χ0v) is 10.0. The number of amides is 1. The molecule has 2 rings (SSSR count). The Morgan fingerprint density at radius 1 is 1.42 bits per heavy atom. The first-order valence-electron chi connectivity index (χ1n) is 4.87. The first-order chi connectivity index (χ1) is 8.88.